The van der Waals surface area contributed by atoms with E-state index in [-0.39, 0.29) is 35.2 Å². The quantitative estimate of drug-likeness (QED) is 0.504. The Morgan fingerprint density at radius 3 is 2.69 bits per heavy atom. The molecule has 2 unspecified atom stereocenters. The lowest BCUT2D eigenvalue weighted by atomic mass is 9.82. The summed E-state index contributed by atoms with van der Waals surface area (Å²) in [6.07, 6.45) is 5.63. The molecule has 1 aliphatic carbocycles. The number of thiazole rings is 1. The van der Waals surface area contributed by atoms with Crippen LogP contribution in [0.1, 0.15) is 43.2 Å². The van der Waals surface area contributed by atoms with Gasteiger partial charge >= 0.3 is 0 Å². The molecule has 0 aliphatic heterocycles. The Morgan fingerprint density at radius 2 is 1.91 bits per heavy atom. The number of allylic oxidation sites excluding steroid dienone is 2. The van der Waals surface area contributed by atoms with E-state index in [9.17, 15) is 13.2 Å². The number of aromatic nitrogens is 1. The fourth-order valence-corrected chi connectivity index (χ4v) is 6.41. The normalized spacial score (nSPS) is 18.8. The molecule has 1 amide bonds. The molecule has 0 bridgehead atoms. The third kappa shape index (κ3) is 5.09. The maximum atomic E-state index is 13.1. The maximum Gasteiger partial charge on any atom is 0.240 e. The van der Waals surface area contributed by atoms with Crippen molar-refractivity contribution in [1.29, 1.82) is 0 Å². The Labute approximate surface area is 192 Å². The Balaban J connectivity index is 1.47. The van der Waals surface area contributed by atoms with Crippen molar-refractivity contribution in [1.82, 2.24) is 15.0 Å². The molecule has 6 nitrogen and oxygen atoms in total. The zero-order valence-corrected chi connectivity index (χ0v) is 19.7. The molecular weight excluding hydrogens is 442 g/mol. The summed E-state index contributed by atoms with van der Waals surface area (Å²) >= 11 is 1.65. The molecule has 3 aromatic rings. The van der Waals surface area contributed by atoms with Crippen LogP contribution in [0.2, 0.25) is 0 Å². The number of sulfonamides is 1. The first-order chi connectivity index (χ1) is 15.3. The lowest BCUT2D eigenvalue weighted by Crippen LogP contribution is -2.34. The number of hydrogen-bond acceptors (Lipinski definition) is 5. The minimum atomic E-state index is -3.58. The number of rotatable bonds is 7. The van der Waals surface area contributed by atoms with E-state index in [4.69, 9.17) is 4.98 Å². The van der Waals surface area contributed by atoms with Gasteiger partial charge in [0.25, 0.3) is 0 Å². The molecule has 168 valence electrons. The zero-order chi connectivity index (χ0) is 22.7. The Hall–Kier alpha value is -2.55. The van der Waals surface area contributed by atoms with Crippen LogP contribution in [0, 0.1) is 5.92 Å². The van der Waals surface area contributed by atoms with Gasteiger partial charge in [0.15, 0.2) is 0 Å². The molecule has 2 aromatic carbocycles. The van der Waals surface area contributed by atoms with Gasteiger partial charge in [0, 0.05) is 18.5 Å². The maximum absolute atomic E-state index is 13.1. The van der Waals surface area contributed by atoms with Gasteiger partial charge in [0.1, 0.15) is 0 Å². The van der Waals surface area contributed by atoms with Crippen molar-refractivity contribution < 1.29 is 13.2 Å². The molecule has 0 radical (unpaired) electrons. The second-order valence-corrected chi connectivity index (χ2v) is 11.1. The summed E-state index contributed by atoms with van der Waals surface area (Å²) in [4.78, 5) is 18.1. The van der Waals surface area contributed by atoms with Crippen molar-refractivity contribution >= 4 is 37.5 Å². The fourth-order valence-electron chi connectivity index (χ4n) is 3.95. The van der Waals surface area contributed by atoms with Crippen LogP contribution in [-0.4, -0.2) is 25.4 Å². The van der Waals surface area contributed by atoms with Crippen LogP contribution in [0.4, 0.5) is 0 Å². The number of nitrogens with zero attached hydrogens (tertiary/aromatic N) is 1. The van der Waals surface area contributed by atoms with E-state index in [1.807, 2.05) is 24.3 Å². The zero-order valence-electron chi connectivity index (χ0n) is 18.1. The van der Waals surface area contributed by atoms with Gasteiger partial charge in [-0.2, -0.15) is 0 Å². The summed E-state index contributed by atoms with van der Waals surface area (Å²) in [6, 6.07) is 14.5. The van der Waals surface area contributed by atoms with E-state index in [0.29, 0.717) is 6.42 Å². The molecule has 0 saturated carbocycles. The molecule has 2 N–H and O–H groups in total. The van der Waals surface area contributed by atoms with Crippen molar-refractivity contribution in [3.05, 3.63) is 71.3 Å². The van der Waals surface area contributed by atoms with Crippen LogP contribution in [0.25, 0.3) is 10.2 Å². The summed E-state index contributed by atoms with van der Waals surface area (Å²) < 4.78 is 28.6. The van der Waals surface area contributed by atoms with Crippen molar-refractivity contribution in [2.45, 2.75) is 50.1 Å². The fraction of sp³-hybridized carbons (Fsp3) is 0.333. The van der Waals surface area contributed by atoms with Gasteiger partial charge in [-0.1, -0.05) is 36.4 Å². The third-order valence-corrected chi connectivity index (χ3v) is 8.29. The number of hydrogen-bond donors (Lipinski definition) is 2. The number of fused-ring (bicyclic) bond motifs is 1. The first-order valence-electron chi connectivity index (χ1n) is 10.7. The number of para-hydroxylation sites is 1. The average molecular weight is 470 g/mol. The van der Waals surface area contributed by atoms with Gasteiger partial charge in [-0.25, -0.2) is 18.1 Å². The first-order valence-corrected chi connectivity index (χ1v) is 13.0. The Kier molecular flexibility index (Phi) is 6.74. The minimum absolute atomic E-state index is 0.0350. The predicted molar refractivity (Wildman–Crippen MR) is 128 cm³/mol. The third-order valence-electron chi connectivity index (χ3n) is 5.46. The highest BCUT2D eigenvalue weighted by molar-refractivity contribution is 7.89. The second-order valence-electron chi connectivity index (χ2n) is 8.32. The van der Waals surface area contributed by atoms with Crippen molar-refractivity contribution in [3.8, 4) is 0 Å². The van der Waals surface area contributed by atoms with Crippen molar-refractivity contribution in [2.75, 3.05) is 0 Å². The molecular formula is C24H27N3O3S2. The first kappa shape index (κ1) is 22.6. The predicted octanol–water partition coefficient (Wildman–Crippen LogP) is 4.35. The van der Waals surface area contributed by atoms with Gasteiger partial charge in [0.2, 0.25) is 15.9 Å². The average Bonchev–Trinajstić information content (AvgIpc) is 3.21. The van der Waals surface area contributed by atoms with Gasteiger partial charge < -0.3 is 5.32 Å². The molecule has 0 spiro atoms. The van der Waals surface area contributed by atoms with Gasteiger partial charge in [0.05, 0.1) is 26.0 Å². The molecule has 0 saturated heterocycles. The molecule has 1 aliphatic rings. The van der Waals surface area contributed by atoms with Crippen LogP contribution in [0.15, 0.2) is 65.6 Å². The second kappa shape index (κ2) is 9.52. The molecule has 2 atom stereocenters. The smallest absolute Gasteiger partial charge is 0.240 e. The lowest BCUT2D eigenvalue weighted by molar-refractivity contribution is -0.125. The van der Waals surface area contributed by atoms with E-state index in [0.717, 1.165) is 27.2 Å². The summed E-state index contributed by atoms with van der Waals surface area (Å²) in [5, 5.41) is 4.00. The molecule has 1 aromatic heterocycles. The monoisotopic (exact) mass is 469 g/mol. The Morgan fingerprint density at radius 1 is 1.12 bits per heavy atom. The Bertz CT molecular complexity index is 1220. The molecule has 8 heteroatoms. The highest BCUT2D eigenvalue weighted by Gasteiger charge is 2.32. The summed E-state index contributed by atoms with van der Waals surface area (Å²) in [6.45, 7) is 3.83. The van der Waals surface area contributed by atoms with E-state index in [1.165, 1.54) is 0 Å². The highest BCUT2D eigenvalue weighted by Crippen LogP contribution is 2.38. The van der Waals surface area contributed by atoms with Crippen molar-refractivity contribution in [2.24, 2.45) is 5.92 Å². The number of carbonyl (C=O) groups is 1. The SMILES string of the molecule is CC(C)NS(=O)(=O)c1cccc(CNC(=O)C2CC=CCC2c2nc3ccccc3s2)c1. The van der Waals surface area contributed by atoms with Crippen LogP contribution in [0.3, 0.4) is 0 Å². The minimum Gasteiger partial charge on any atom is -0.352 e. The van der Waals surface area contributed by atoms with Crippen molar-refractivity contribution in [3.63, 3.8) is 0 Å². The lowest BCUT2D eigenvalue weighted by Gasteiger charge is -2.26. The van der Waals surface area contributed by atoms with Crippen LogP contribution in [-0.2, 0) is 21.4 Å². The number of nitrogens with one attached hydrogen (secondary N) is 2. The molecule has 4 rings (SSSR count). The van der Waals surface area contributed by atoms with E-state index in [2.05, 4.69) is 28.3 Å². The van der Waals surface area contributed by atoms with E-state index < -0.39 is 10.0 Å². The van der Waals surface area contributed by atoms with Crippen LogP contribution >= 0.6 is 11.3 Å². The summed E-state index contributed by atoms with van der Waals surface area (Å²) in [7, 11) is -3.58. The van der Waals surface area contributed by atoms with Crippen LogP contribution < -0.4 is 10.0 Å². The molecule has 0 fully saturated rings. The van der Waals surface area contributed by atoms with Crippen LogP contribution in [0.5, 0.6) is 0 Å². The number of amides is 1. The standard InChI is InChI=1S/C24H27N3O3S2/c1-16(2)27-32(29,30)18-9-7-8-17(14-18)15-25-23(28)19-10-3-4-11-20(19)24-26-21-12-5-6-13-22(21)31-24/h3-9,12-14,16,19-20,27H,10-11,15H2,1-2H3,(H,25,28). The van der Waals surface area contributed by atoms with E-state index in [1.54, 1.807) is 43.4 Å². The highest BCUT2D eigenvalue weighted by atomic mass is 32.2. The van der Waals surface area contributed by atoms with E-state index >= 15 is 0 Å². The van der Waals surface area contributed by atoms with Gasteiger partial charge in [-0.05, 0) is 56.5 Å². The number of benzene rings is 2. The summed E-state index contributed by atoms with van der Waals surface area (Å²) in [5.41, 5.74) is 1.71. The summed E-state index contributed by atoms with van der Waals surface area (Å²) in [5.74, 6) is -0.193. The topological polar surface area (TPSA) is 88.2 Å². The number of carbonyl (C=O) groups excluding carboxylic acids is 1. The molecule has 1 heterocycles. The molecule has 32 heavy (non-hydrogen) atoms. The van der Waals surface area contributed by atoms with Gasteiger partial charge in [-0.15, -0.1) is 11.3 Å². The van der Waals surface area contributed by atoms with Gasteiger partial charge in [-0.3, -0.25) is 4.79 Å². The largest absolute Gasteiger partial charge is 0.352 e.